The van der Waals surface area contributed by atoms with Crippen LogP contribution in [-0.4, -0.2) is 23.0 Å². The molecular formula is C14H27NO3. The number of ketones is 1. The molecule has 0 aromatic carbocycles. The number of hydrogen-bond acceptors (Lipinski definition) is 3. The molecule has 0 radical (unpaired) electrons. The number of ether oxygens (including phenoxy) is 1. The van der Waals surface area contributed by atoms with Gasteiger partial charge in [0.2, 0.25) is 0 Å². The van der Waals surface area contributed by atoms with Crippen LogP contribution in [0.2, 0.25) is 0 Å². The van der Waals surface area contributed by atoms with Crippen LogP contribution < -0.4 is 5.32 Å². The highest BCUT2D eigenvalue weighted by atomic mass is 16.6. The first-order valence-electron chi connectivity index (χ1n) is 6.47. The maximum atomic E-state index is 11.6. The Morgan fingerprint density at radius 2 is 1.61 bits per heavy atom. The van der Waals surface area contributed by atoms with Gasteiger partial charge in [0.15, 0.2) is 0 Å². The lowest BCUT2D eigenvalue weighted by Crippen LogP contribution is -2.46. The Balaban J connectivity index is 4.23. The summed E-state index contributed by atoms with van der Waals surface area (Å²) in [5.74, 6) is 0.261. The van der Waals surface area contributed by atoms with Gasteiger partial charge in [-0.05, 0) is 41.0 Å². The summed E-state index contributed by atoms with van der Waals surface area (Å²) in [7, 11) is 0. The van der Waals surface area contributed by atoms with Crippen molar-refractivity contribution in [3.8, 4) is 0 Å². The van der Waals surface area contributed by atoms with Crippen LogP contribution in [0.5, 0.6) is 0 Å². The molecule has 0 aromatic rings. The number of amides is 1. The van der Waals surface area contributed by atoms with Gasteiger partial charge in [0, 0.05) is 17.9 Å². The Morgan fingerprint density at radius 1 is 1.11 bits per heavy atom. The van der Waals surface area contributed by atoms with Gasteiger partial charge < -0.3 is 10.1 Å². The maximum Gasteiger partial charge on any atom is 0.408 e. The van der Waals surface area contributed by atoms with Crippen LogP contribution in [0.4, 0.5) is 4.79 Å². The van der Waals surface area contributed by atoms with Gasteiger partial charge in [-0.2, -0.15) is 0 Å². The van der Waals surface area contributed by atoms with Gasteiger partial charge in [-0.3, -0.25) is 4.79 Å². The molecule has 1 amide bonds. The summed E-state index contributed by atoms with van der Waals surface area (Å²) in [4.78, 5) is 23.2. The molecule has 18 heavy (non-hydrogen) atoms. The number of nitrogens with one attached hydrogen (secondary N) is 1. The number of rotatable bonds is 5. The highest BCUT2D eigenvalue weighted by Gasteiger charge is 2.25. The van der Waals surface area contributed by atoms with E-state index >= 15 is 0 Å². The van der Waals surface area contributed by atoms with Crippen LogP contribution >= 0.6 is 0 Å². The Hall–Kier alpha value is -1.06. The summed E-state index contributed by atoms with van der Waals surface area (Å²) in [6.07, 6.45) is 0.647. The van der Waals surface area contributed by atoms with Gasteiger partial charge in [-0.15, -0.1) is 0 Å². The molecule has 0 fully saturated rings. The van der Waals surface area contributed by atoms with E-state index in [9.17, 15) is 9.59 Å². The highest BCUT2D eigenvalue weighted by Crippen LogP contribution is 2.15. The molecule has 0 atom stereocenters. The summed E-state index contributed by atoms with van der Waals surface area (Å²) in [5.41, 5.74) is -0.944. The second-order valence-corrected chi connectivity index (χ2v) is 6.63. The minimum absolute atomic E-state index is 0.0438. The van der Waals surface area contributed by atoms with Crippen LogP contribution in [0.15, 0.2) is 0 Å². The zero-order valence-corrected chi connectivity index (χ0v) is 12.7. The number of Topliss-reactive ketones (excluding diaryl/α,β-unsaturated/α-hetero) is 1. The van der Waals surface area contributed by atoms with Crippen molar-refractivity contribution in [2.24, 2.45) is 5.92 Å². The molecule has 0 bridgehead atoms. The quantitative estimate of drug-likeness (QED) is 0.822. The molecule has 4 heteroatoms. The average molecular weight is 257 g/mol. The molecule has 106 valence electrons. The molecule has 0 spiro atoms. The van der Waals surface area contributed by atoms with Gasteiger partial charge in [-0.1, -0.05) is 13.8 Å². The molecule has 1 N–H and O–H groups in total. The van der Waals surface area contributed by atoms with E-state index in [0.717, 1.165) is 0 Å². The Kier molecular flexibility index (Phi) is 5.84. The van der Waals surface area contributed by atoms with Crippen molar-refractivity contribution in [2.45, 2.75) is 72.4 Å². The normalized spacial score (nSPS) is 12.4. The molecule has 0 aliphatic rings. The molecule has 0 heterocycles. The van der Waals surface area contributed by atoms with E-state index in [0.29, 0.717) is 12.8 Å². The number of alkyl carbamates (subject to hydrolysis) is 1. The molecule has 0 aromatic heterocycles. The second kappa shape index (κ2) is 6.21. The monoisotopic (exact) mass is 257 g/mol. The first-order chi connectivity index (χ1) is 7.93. The molecule has 0 aliphatic carbocycles. The second-order valence-electron chi connectivity index (χ2n) is 6.63. The van der Waals surface area contributed by atoms with Gasteiger partial charge in [-0.25, -0.2) is 4.79 Å². The third kappa shape index (κ3) is 8.09. The molecular weight excluding hydrogens is 230 g/mol. The van der Waals surface area contributed by atoms with Gasteiger partial charge in [0.05, 0.1) is 0 Å². The van der Waals surface area contributed by atoms with Crippen molar-refractivity contribution in [2.75, 3.05) is 0 Å². The third-order valence-corrected chi connectivity index (χ3v) is 2.48. The minimum atomic E-state index is -0.506. The number of carbonyl (C=O) groups is 2. The fraction of sp³-hybridized carbons (Fsp3) is 0.857. The van der Waals surface area contributed by atoms with Crippen molar-refractivity contribution >= 4 is 11.9 Å². The van der Waals surface area contributed by atoms with E-state index in [1.165, 1.54) is 0 Å². The summed E-state index contributed by atoms with van der Waals surface area (Å²) in [5, 5.41) is 2.79. The van der Waals surface area contributed by atoms with Crippen molar-refractivity contribution in [1.29, 1.82) is 0 Å². The minimum Gasteiger partial charge on any atom is -0.444 e. The lowest BCUT2D eigenvalue weighted by atomic mass is 9.94. The summed E-state index contributed by atoms with van der Waals surface area (Å²) < 4.78 is 5.19. The predicted molar refractivity (Wildman–Crippen MR) is 72.5 cm³/mol. The van der Waals surface area contributed by atoms with E-state index in [-0.39, 0.29) is 11.7 Å². The van der Waals surface area contributed by atoms with Crippen molar-refractivity contribution < 1.29 is 14.3 Å². The fourth-order valence-electron chi connectivity index (χ4n) is 1.37. The summed E-state index contributed by atoms with van der Waals surface area (Å²) in [6, 6.07) is 0. The zero-order valence-electron chi connectivity index (χ0n) is 12.7. The van der Waals surface area contributed by atoms with Crippen LogP contribution in [0.25, 0.3) is 0 Å². The van der Waals surface area contributed by atoms with Crippen LogP contribution in [0, 0.1) is 5.92 Å². The topological polar surface area (TPSA) is 55.4 Å². The fourth-order valence-corrected chi connectivity index (χ4v) is 1.37. The number of hydrogen-bond donors (Lipinski definition) is 1. The summed E-state index contributed by atoms with van der Waals surface area (Å²) in [6.45, 7) is 13.0. The zero-order chi connectivity index (χ0) is 14.6. The van der Waals surface area contributed by atoms with Gasteiger partial charge in [0.1, 0.15) is 11.4 Å². The Labute approximate surface area is 110 Å². The van der Waals surface area contributed by atoms with E-state index in [1.807, 2.05) is 48.5 Å². The molecule has 0 saturated heterocycles. The molecule has 0 rings (SSSR count). The predicted octanol–water partition coefficient (Wildman–Crippen LogP) is 3.30. The smallest absolute Gasteiger partial charge is 0.408 e. The molecule has 0 unspecified atom stereocenters. The van der Waals surface area contributed by atoms with Gasteiger partial charge in [0.25, 0.3) is 0 Å². The van der Waals surface area contributed by atoms with Crippen LogP contribution in [-0.2, 0) is 9.53 Å². The summed E-state index contributed by atoms with van der Waals surface area (Å²) >= 11 is 0. The van der Waals surface area contributed by atoms with Crippen LogP contribution in [0.1, 0.15) is 61.3 Å². The average Bonchev–Trinajstić information content (AvgIpc) is 2.09. The third-order valence-electron chi connectivity index (χ3n) is 2.48. The SMILES string of the molecule is CC(C)C(=O)CCC(C)(C)NC(=O)OC(C)(C)C. The standard InChI is InChI=1S/C14H27NO3/c1-10(2)11(16)8-9-14(6,7)15-12(17)18-13(3,4)5/h10H,8-9H2,1-7H3,(H,15,17). The van der Waals surface area contributed by atoms with Crippen molar-refractivity contribution in [3.63, 3.8) is 0 Å². The van der Waals surface area contributed by atoms with E-state index in [1.54, 1.807) is 0 Å². The van der Waals surface area contributed by atoms with E-state index < -0.39 is 17.2 Å². The molecule has 4 nitrogen and oxygen atoms in total. The number of carbonyl (C=O) groups excluding carboxylic acids is 2. The van der Waals surface area contributed by atoms with Crippen molar-refractivity contribution in [3.05, 3.63) is 0 Å². The first-order valence-corrected chi connectivity index (χ1v) is 6.47. The Morgan fingerprint density at radius 3 is 2.00 bits per heavy atom. The van der Waals surface area contributed by atoms with E-state index in [4.69, 9.17) is 4.74 Å². The van der Waals surface area contributed by atoms with Crippen LogP contribution in [0.3, 0.4) is 0 Å². The maximum absolute atomic E-state index is 11.6. The molecule has 0 saturated carbocycles. The largest absolute Gasteiger partial charge is 0.444 e. The van der Waals surface area contributed by atoms with Crippen molar-refractivity contribution in [1.82, 2.24) is 5.32 Å². The lowest BCUT2D eigenvalue weighted by molar-refractivity contribution is -0.122. The van der Waals surface area contributed by atoms with E-state index in [2.05, 4.69) is 5.32 Å². The van der Waals surface area contributed by atoms with Gasteiger partial charge >= 0.3 is 6.09 Å². The highest BCUT2D eigenvalue weighted by molar-refractivity contribution is 5.80. The first kappa shape index (κ1) is 16.9. The molecule has 0 aliphatic heterocycles. The Bertz CT molecular complexity index is 301. The lowest BCUT2D eigenvalue weighted by Gasteiger charge is -2.28.